The van der Waals surface area contributed by atoms with Crippen LogP contribution in [-0.2, 0) is 4.74 Å². The van der Waals surface area contributed by atoms with Crippen molar-refractivity contribution >= 4 is 16.5 Å². The number of aryl methyl sites for hydroxylation is 1. The van der Waals surface area contributed by atoms with Crippen molar-refractivity contribution in [1.29, 1.82) is 5.26 Å². The van der Waals surface area contributed by atoms with E-state index >= 15 is 0 Å². The largest absolute Gasteiger partial charge is 0.371 e. The Labute approximate surface area is 192 Å². The van der Waals surface area contributed by atoms with E-state index in [-0.39, 0.29) is 5.56 Å². The van der Waals surface area contributed by atoms with Gasteiger partial charge in [-0.05, 0) is 71.5 Å². The molecule has 5 heteroatoms. The Morgan fingerprint density at radius 2 is 1.61 bits per heavy atom. The fourth-order valence-electron chi connectivity index (χ4n) is 5.15. The Morgan fingerprint density at radius 3 is 2.27 bits per heavy atom. The fourth-order valence-corrected chi connectivity index (χ4v) is 5.15. The van der Waals surface area contributed by atoms with Crippen molar-refractivity contribution in [2.45, 2.75) is 25.6 Å². The van der Waals surface area contributed by atoms with Gasteiger partial charge in [-0.25, -0.2) is 0 Å². The molecule has 3 fully saturated rings. The topological polar surface area (TPSA) is 58.3 Å². The first-order chi connectivity index (χ1) is 16.1. The molecule has 0 N–H and O–H groups in total. The summed E-state index contributed by atoms with van der Waals surface area (Å²) in [6.07, 6.45) is 3.82. The lowest BCUT2D eigenvalue weighted by Crippen LogP contribution is -2.57. The third-order valence-electron chi connectivity index (χ3n) is 6.81. The van der Waals surface area contributed by atoms with E-state index in [1.165, 1.54) is 12.1 Å². The molecule has 0 saturated carbocycles. The summed E-state index contributed by atoms with van der Waals surface area (Å²) in [5.74, 6) is 0. The Bertz CT molecular complexity index is 1450. The molecule has 1 aromatic heterocycles. The first-order valence-electron chi connectivity index (χ1n) is 11.3. The van der Waals surface area contributed by atoms with E-state index in [4.69, 9.17) is 10.00 Å². The zero-order chi connectivity index (χ0) is 22.5. The summed E-state index contributed by atoms with van der Waals surface area (Å²) >= 11 is 0. The van der Waals surface area contributed by atoms with Crippen molar-refractivity contribution in [3.8, 4) is 22.9 Å². The number of hydrogen-bond donors (Lipinski definition) is 0. The van der Waals surface area contributed by atoms with Crippen LogP contribution in [0.25, 0.3) is 27.6 Å². The van der Waals surface area contributed by atoms with Gasteiger partial charge >= 0.3 is 0 Å². The molecule has 3 aliphatic heterocycles. The van der Waals surface area contributed by atoms with Crippen LogP contribution in [0.15, 0.2) is 77.7 Å². The zero-order valence-electron chi connectivity index (χ0n) is 18.4. The lowest BCUT2D eigenvalue weighted by molar-refractivity contribution is -0.133. The maximum absolute atomic E-state index is 13.5. The van der Waals surface area contributed by atoms with Crippen LogP contribution in [0.1, 0.15) is 17.5 Å². The summed E-state index contributed by atoms with van der Waals surface area (Å²) in [6.45, 7) is 3.91. The zero-order valence-corrected chi connectivity index (χ0v) is 18.4. The lowest BCUT2D eigenvalue weighted by atomic mass is 9.96. The van der Waals surface area contributed by atoms with E-state index in [0.717, 1.165) is 40.9 Å². The maximum Gasteiger partial charge on any atom is 0.262 e. The molecule has 3 aliphatic rings. The van der Waals surface area contributed by atoms with Gasteiger partial charge in [0.2, 0.25) is 0 Å². The highest BCUT2D eigenvalue weighted by molar-refractivity contribution is 5.98. The van der Waals surface area contributed by atoms with Crippen LogP contribution in [0.3, 0.4) is 0 Å². The van der Waals surface area contributed by atoms with Crippen molar-refractivity contribution in [2.75, 3.05) is 18.0 Å². The monoisotopic (exact) mass is 433 g/mol. The minimum absolute atomic E-state index is 0.0357. The predicted octanol–water partition coefficient (Wildman–Crippen LogP) is 4.82. The second-order valence-corrected chi connectivity index (χ2v) is 8.94. The number of anilines is 1. The minimum atomic E-state index is -0.0357. The number of nitrogens with zero attached hydrogens (tertiary/aromatic N) is 3. The smallest absolute Gasteiger partial charge is 0.262 e. The van der Waals surface area contributed by atoms with E-state index in [1.54, 1.807) is 4.57 Å². The molecule has 0 aliphatic carbocycles. The first-order valence-corrected chi connectivity index (χ1v) is 11.3. The van der Waals surface area contributed by atoms with E-state index in [2.05, 4.69) is 23.1 Å². The molecule has 2 unspecified atom stereocenters. The van der Waals surface area contributed by atoms with Crippen LogP contribution >= 0.6 is 0 Å². The SMILES string of the molecule is Cc1cn(-c2ccc(N3CC4CC(C3)O4)cc2)c(=O)c2cccc(-c3ccc(C#N)cc3)c12. The average molecular weight is 434 g/mol. The maximum atomic E-state index is 13.5. The number of rotatable bonds is 3. The number of fused-ring (bicyclic) bond motifs is 3. The molecular formula is C28H23N3O2. The van der Waals surface area contributed by atoms with Crippen molar-refractivity contribution in [2.24, 2.45) is 0 Å². The molecule has 3 saturated heterocycles. The molecule has 2 bridgehead atoms. The van der Waals surface area contributed by atoms with Gasteiger partial charge in [0, 0.05) is 42.5 Å². The minimum Gasteiger partial charge on any atom is -0.371 e. The molecule has 5 nitrogen and oxygen atoms in total. The first kappa shape index (κ1) is 19.8. The molecule has 0 spiro atoms. The van der Waals surface area contributed by atoms with Crippen LogP contribution in [0.5, 0.6) is 0 Å². The van der Waals surface area contributed by atoms with Gasteiger partial charge in [-0.15, -0.1) is 0 Å². The second kappa shape index (κ2) is 7.61. The number of morpholine rings is 1. The van der Waals surface area contributed by atoms with Crippen molar-refractivity contribution < 1.29 is 4.74 Å². The summed E-state index contributed by atoms with van der Waals surface area (Å²) in [6, 6.07) is 23.7. The standard InChI is InChI=1S/C28H23N3O2/c1-18-15-31(22-11-9-21(10-12-22)30-16-23-13-24(17-30)33-23)28(32)26-4-2-3-25(27(18)26)20-7-5-19(14-29)6-8-20/h2-12,15,23-24H,13,16-17H2,1H3. The Balaban J connectivity index is 1.40. The van der Waals surface area contributed by atoms with Crippen LogP contribution in [0.4, 0.5) is 5.69 Å². The highest BCUT2D eigenvalue weighted by atomic mass is 16.5. The number of hydrogen-bond acceptors (Lipinski definition) is 4. The summed E-state index contributed by atoms with van der Waals surface area (Å²) in [7, 11) is 0. The fraction of sp³-hybridized carbons (Fsp3) is 0.214. The molecule has 7 rings (SSSR count). The van der Waals surface area contributed by atoms with Gasteiger partial charge in [-0.1, -0.05) is 24.3 Å². The average Bonchev–Trinajstić information content (AvgIpc) is 2.85. The van der Waals surface area contributed by atoms with Crippen LogP contribution < -0.4 is 10.5 Å². The van der Waals surface area contributed by atoms with Crippen molar-refractivity contribution in [1.82, 2.24) is 4.57 Å². The molecule has 4 aromatic rings. The molecule has 2 atom stereocenters. The third-order valence-corrected chi connectivity index (χ3v) is 6.81. The predicted molar refractivity (Wildman–Crippen MR) is 130 cm³/mol. The molecule has 4 heterocycles. The van der Waals surface area contributed by atoms with E-state index in [9.17, 15) is 4.79 Å². The number of benzene rings is 3. The van der Waals surface area contributed by atoms with Gasteiger partial charge in [0.05, 0.1) is 23.8 Å². The van der Waals surface area contributed by atoms with Gasteiger partial charge in [-0.3, -0.25) is 9.36 Å². The highest BCUT2D eigenvalue weighted by Crippen LogP contribution is 2.32. The van der Waals surface area contributed by atoms with Crippen molar-refractivity contribution in [3.63, 3.8) is 0 Å². The Hall–Kier alpha value is -3.88. The number of piperidine rings is 1. The summed E-state index contributed by atoms with van der Waals surface area (Å²) in [5.41, 5.74) is 5.64. The van der Waals surface area contributed by atoms with Crippen LogP contribution in [0, 0.1) is 18.3 Å². The Kier molecular flexibility index (Phi) is 4.56. The number of pyridine rings is 1. The molecule has 0 radical (unpaired) electrons. The molecule has 162 valence electrons. The van der Waals surface area contributed by atoms with Gasteiger partial charge < -0.3 is 9.64 Å². The molecular weight excluding hydrogens is 410 g/mol. The van der Waals surface area contributed by atoms with Crippen LogP contribution in [-0.4, -0.2) is 29.9 Å². The molecule has 3 aromatic carbocycles. The van der Waals surface area contributed by atoms with Crippen molar-refractivity contribution in [3.05, 3.63) is 94.4 Å². The highest BCUT2D eigenvalue weighted by Gasteiger charge is 2.38. The van der Waals surface area contributed by atoms with E-state index in [0.29, 0.717) is 23.2 Å². The normalized spacial score (nSPS) is 19.2. The summed E-state index contributed by atoms with van der Waals surface area (Å²) < 4.78 is 7.48. The number of aromatic nitrogens is 1. The summed E-state index contributed by atoms with van der Waals surface area (Å²) in [4.78, 5) is 15.9. The Morgan fingerprint density at radius 1 is 0.939 bits per heavy atom. The summed E-state index contributed by atoms with van der Waals surface area (Å²) in [5, 5.41) is 10.7. The second-order valence-electron chi connectivity index (χ2n) is 8.94. The number of ether oxygens (including phenoxy) is 1. The third kappa shape index (κ3) is 3.31. The molecule has 33 heavy (non-hydrogen) atoms. The van der Waals surface area contributed by atoms with E-state index in [1.807, 2.05) is 67.7 Å². The van der Waals surface area contributed by atoms with Crippen LogP contribution in [0.2, 0.25) is 0 Å². The number of nitriles is 1. The van der Waals surface area contributed by atoms with Gasteiger partial charge in [0.15, 0.2) is 0 Å². The van der Waals surface area contributed by atoms with E-state index < -0.39 is 0 Å². The van der Waals surface area contributed by atoms with Gasteiger partial charge in [0.1, 0.15) is 0 Å². The lowest BCUT2D eigenvalue weighted by Gasteiger charge is -2.48. The quantitative estimate of drug-likeness (QED) is 0.465. The molecule has 0 amide bonds. The van der Waals surface area contributed by atoms with Gasteiger partial charge in [0.25, 0.3) is 5.56 Å². The van der Waals surface area contributed by atoms with Gasteiger partial charge in [-0.2, -0.15) is 5.26 Å².